The Morgan fingerprint density at radius 2 is 1.66 bits per heavy atom. The molecule has 0 radical (unpaired) electrons. The van der Waals surface area contributed by atoms with Gasteiger partial charge in [-0.2, -0.15) is 4.31 Å². The molecule has 0 spiro atoms. The summed E-state index contributed by atoms with van der Waals surface area (Å²) in [6, 6.07) is 17.3. The van der Waals surface area contributed by atoms with Crippen molar-refractivity contribution in [3.8, 4) is 11.5 Å². The first-order valence-electron chi connectivity index (χ1n) is 10.8. The van der Waals surface area contributed by atoms with E-state index in [-0.39, 0.29) is 24.7 Å². The molecule has 8 nitrogen and oxygen atoms in total. The second kappa shape index (κ2) is 9.25. The Morgan fingerprint density at radius 1 is 0.971 bits per heavy atom. The first-order valence-corrected chi connectivity index (χ1v) is 13.4. The third kappa shape index (κ3) is 4.53. The van der Waals surface area contributed by atoms with Crippen LogP contribution in [-0.4, -0.2) is 37.4 Å². The molecule has 0 saturated carbocycles. The number of imide groups is 1. The predicted molar refractivity (Wildman–Crippen MR) is 137 cm³/mol. The largest absolute Gasteiger partial charge is 0.454 e. The summed E-state index contributed by atoms with van der Waals surface area (Å²) in [7, 11) is -4.12. The molecule has 3 aromatic carbocycles. The molecule has 1 saturated heterocycles. The van der Waals surface area contributed by atoms with Crippen LogP contribution in [-0.2, 0) is 26.2 Å². The summed E-state index contributed by atoms with van der Waals surface area (Å²) in [6.45, 7) is 1.83. The number of amides is 2. The number of carbonyl (C=O) groups excluding carboxylic acids is 2. The van der Waals surface area contributed by atoms with Gasteiger partial charge in [-0.1, -0.05) is 23.8 Å². The summed E-state index contributed by atoms with van der Waals surface area (Å²) >= 11 is 2.13. The third-order valence-corrected chi connectivity index (χ3v) is 8.55. The van der Waals surface area contributed by atoms with Crippen molar-refractivity contribution in [3.05, 3.63) is 81.4 Å². The van der Waals surface area contributed by atoms with E-state index < -0.39 is 27.9 Å². The summed E-state index contributed by atoms with van der Waals surface area (Å²) < 4.78 is 40.4. The van der Waals surface area contributed by atoms with Gasteiger partial charge in [0.2, 0.25) is 22.7 Å². The van der Waals surface area contributed by atoms with E-state index >= 15 is 0 Å². The van der Waals surface area contributed by atoms with Crippen molar-refractivity contribution in [2.75, 3.05) is 11.7 Å². The monoisotopic (exact) mass is 604 g/mol. The Morgan fingerprint density at radius 3 is 2.37 bits per heavy atom. The van der Waals surface area contributed by atoms with Crippen LogP contribution in [0.25, 0.3) is 0 Å². The average molecular weight is 604 g/mol. The molecule has 5 rings (SSSR count). The summed E-state index contributed by atoms with van der Waals surface area (Å²) in [5.41, 5.74) is 1.93. The number of anilines is 1. The van der Waals surface area contributed by atoms with Crippen LogP contribution < -0.4 is 14.4 Å². The molecule has 0 N–H and O–H groups in total. The maximum Gasteiger partial charge on any atom is 0.252 e. The molecule has 0 aliphatic carbocycles. The summed E-state index contributed by atoms with van der Waals surface area (Å²) in [4.78, 5) is 27.6. The van der Waals surface area contributed by atoms with Crippen molar-refractivity contribution in [1.29, 1.82) is 0 Å². The molecule has 2 aliphatic rings. The lowest BCUT2D eigenvalue weighted by atomic mass is 10.1. The Bertz CT molecular complexity index is 1410. The molecule has 1 fully saturated rings. The minimum absolute atomic E-state index is 0.0526. The summed E-state index contributed by atoms with van der Waals surface area (Å²) in [5.74, 6) is 0.0480. The third-order valence-electron chi connectivity index (χ3n) is 5.96. The topological polar surface area (TPSA) is 93.2 Å². The zero-order valence-electron chi connectivity index (χ0n) is 18.7. The summed E-state index contributed by atoms with van der Waals surface area (Å²) in [5, 5.41) is 0. The van der Waals surface area contributed by atoms with Crippen LogP contribution in [0.3, 0.4) is 0 Å². The fourth-order valence-electron chi connectivity index (χ4n) is 4.13. The quantitative estimate of drug-likeness (QED) is 0.314. The highest BCUT2D eigenvalue weighted by Crippen LogP contribution is 2.35. The molecule has 2 heterocycles. The van der Waals surface area contributed by atoms with E-state index in [2.05, 4.69) is 22.6 Å². The number of carbonyl (C=O) groups is 2. The highest BCUT2D eigenvalue weighted by molar-refractivity contribution is 14.1. The second-order valence-corrected chi connectivity index (χ2v) is 11.5. The highest BCUT2D eigenvalue weighted by atomic mass is 127. The molecule has 0 aromatic heterocycles. The van der Waals surface area contributed by atoms with Gasteiger partial charge < -0.3 is 9.47 Å². The summed E-state index contributed by atoms with van der Waals surface area (Å²) in [6.07, 6.45) is -0.250. The molecular weight excluding hydrogens is 583 g/mol. The Hall–Kier alpha value is -2.96. The Labute approximate surface area is 216 Å². The molecule has 10 heteroatoms. The number of benzene rings is 3. The first kappa shape index (κ1) is 23.8. The Kier molecular flexibility index (Phi) is 6.28. The van der Waals surface area contributed by atoms with E-state index in [4.69, 9.17) is 9.47 Å². The van der Waals surface area contributed by atoms with Gasteiger partial charge in [0.25, 0.3) is 5.91 Å². The maximum atomic E-state index is 13.8. The van der Waals surface area contributed by atoms with Gasteiger partial charge in [-0.15, -0.1) is 0 Å². The second-order valence-electron chi connectivity index (χ2n) is 8.31. The fourth-order valence-corrected chi connectivity index (χ4v) is 6.06. The van der Waals surface area contributed by atoms with Crippen LogP contribution in [0.1, 0.15) is 17.5 Å². The number of rotatable bonds is 6. The lowest BCUT2D eigenvalue weighted by Crippen LogP contribution is -2.45. The smallest absolute Gasteiger partial charge is 0.252 e. The van der Waals surface area contributed by atoms with Crippen LogP contribution in [0.4, 0.5) is 5.69 Å². The molecule has 0 bridgehead atoms. The van der Waals surface area contributed by atoms with Crippen molar-refractivity contribution in [2.24, 2.45) is 0 Å². The number of halogens is 1. The van der Waals surface area contributed by atoms with E-state index in [1.54, 1.807) is 54.6 Å². The van der Waals surface area contributed by atoms with Crippen LogP contribution in [0.5, 0.6) is 11.5 Å². The zero-order chi connectivity index (χ0) is 24.7. The van der Waals surface area contributed by atoms with Gasteiger partial charge in [0.15, 0.2) is 11.5 Å². The van der Waals surface area contributed by atoms with E-state index in [0.717, 1.165) is 18.3 Å². The van der Waals surface area contributed by atoms with E-state index in [9.17, 15) is 18.0 Å². The molecule has 1 unspecified atom stereocenters. The van der Waals surface area contributed by atoms with Crippen molar-refractivity contribution < 1.29 is 27.5 Å². The molecule has 180 valence electrons. The van der Waals surface area contributed by atoms with Gasteiger partial charge in [0, 0.05) is 10.1 Å². The van der Waals surface area contributed by atoms with E-state index in [1.165, 1.54) is 12.1 Å². The van der Waals surface area contributed by atoms with Crippen molar-refractivity contribution >= 4 is 50.1 Å². The van der Waals surface area contributed by atoms with Crippen LogP contribution in [0.15, 0.2) is 71.6 Å². The SMILES string of the molecule is Cc1ccc(S(=O)(=O)N(Cc2ccc3c(c2)OCO3)C2CC(=O)N(c3ccc(I)cc3)C2=O)cc1. The van der Waals surface area contributed by atoms with Gasteiger partial charge >= 0.3 is 0 Å². The normalized spacial score (nSPS) is 17.5. The van der Waals surface area contributed by atoms with Crippen molar-refractivity contribution in [2.45, 2.75) is 30.8 Å². The minimum Gasteiger partial charge on any atom is -0.454 e. The van der Waals surface area contributed by atoms with Gasteiger partial charge in [-0.25, -0.2) is 13.3 Å². The number of nitrogens with zero attached hydrogens (tertiary/aromatic N) is 2. The number of hydrogen-bond acceptors (Lipinski definition) is 6. The van der Waals surface area contributed by atoms with Gasteiger partial charge in [-0.3, -0.25) is 9.59 Å². The van der Waals surface area contributed by atoms with Crippen LogP contribution in [0, 0.1) is 10.5 Å². The molecule has 2 amide bonds. The minimum atomic E-state index is -4.12. The molecule has 3 aromatic rings. The standard InChI is InChI=1S/C25H21IN2O6S/c1-16-2-9-20(10-3-16)35(31,32)27(14-17-4-11-22-23(12-17)34-15-33-22)21-13-24(29)28(25(21)30)19-7-5-18(26)6-8-19/h2-12,21H,13-15H2,1H3. The Balaban J connectivity index is 1.54. The van der Waals surface area contributed by atoms with Crippen LogP contribution in [0.2, 0.25) is 0 Å². The number of hydrogen-bond donors (Lipinski definition) is 0. The molecule has 35 heavy (non-hydrogen) atoms. The lowest BCUT2D eigenvalue weighted by molar-refractivity contribution is -0.122. The number of ether oxygens (including phenoxy) is 2. The number of sulfonamides is 1. The predicted octanol–water partition coefficient (Wildman–Crippen LogP) is 3.85. The van der Waals surface area contributed by atoms with Gasteiger partial charge in [0.05, 0.1) is 17.0 Å². The number of aryl methyl sites for hydroxylation is 1. The molecular formula is C25H21IN2O6S. The van der Waals surface area contributed by atoms with Crippen LogP contribution >= 0.6 is 22.6 Å². The van der Waals surface area contributed by atoms with Crippen molar-refractivity contribution in [1.82, 2.24) is 4.31 Å². The zero-order valence-corrected chi connectivity index (χ0v) is 21.7. The molecule has 2 aliphatic heterocycles. The van der Waals surface area contributed by atoms with Crippen molar-refractivity contribution in [3.63, 3.8) is 0 Å². The lowest BCUT2D eigenvalue weighted by Gasteiger charge is -2.27. The average Bonchev–Trinajstić information content (AvgIpc) is 3.41. The van der Waals surface area contributed by atoms with Gasteiger partial charge in [-0.05, 0) is 83.6 Å². The van der Waals surface area contributed by atoms with Gasteiger partial charge in [0.1, 0.15) is 6.04 Å². The van der Waals surface area contributed by atoms with E-state index in [1.807, 2.05) is 6.92 Å². The highest BCUT2D eigenvalue weighted by Gasteiger charge is 2.47. The number of fused-ring (bicyclic) bond motifs is 1. The maximum absolute atomic E-state index is 13.8. The molecule has 1 atom stereocenters. The fraction of sp³-hybridized carbons (Fsp3) is 0.200. The first-order chi connectivity index (χ1) is 16.7. The van der Waals surface area contributed by atoms with E-state index in [0.29, 0.717) is 22.7 Å².